The van der Waals surface area contributed by atoms with E-state index >= 15 is 4.39 Å². The van der Waals surface area contributed by atoms with Crippen molar-refractivity contribution in [2.24, 2.45) is 0 Å². The van der Waals surface area contributed by atoms with Crippen LogP contribution in [-0.4, -0.2) is 83.5 Å². The Morgan fingerprint density at radius 3 is 1.77 bits per heavy atom. The van der Waals surface area contributed by atoms with Crippen molar-refractivity contribution in [2.75, 3.05) is 59.6 Å². The van der Waals surface area contributed by atoms with Crippen molar-refractivity contribution in [2.45, 2.75) is 26.7 Å². The smallest absolute Gasteiger partial charge is 0.343 e. The Kier molecular flexibility index (Phi) is 18.4. The van der Waals surface area contributed by atoms with Gasteiger partial charge in [-0.3, -0.25) is 0 Å². The maximum Gasteiger partial charge on any atom is 0.343 e. The molecule has 4 aromatic rings. The normalized spacial score (nSPS) is 10.5. The lowest BCUT2D eigenvalue weighted by Crippen LogP contribution is -2.12. The molecule has 4 rings (SSSR count). The number of esters is 4. The highest BCUT2D eigenvalue weighted by Crippen LogP contribution is 2.31. The molecular weight excluding hydrogens is 783 g/mol. The van der Waals surface area contributed by atoms with Crippen LogP contribution in [0.5, 0.6) is 34.5 Å². The summed E-state index contributed by atoms with van der Waals surface area (Å²) in [5.41, 5.74) is 0.639. The monoisotopic (exact) mass is 830 g/mol. The third-order valence-electron chi connectivity index (χ3n) is 7.91. The van der Waals surface area contributed by atoms with Crippen molar-refractivity contribution in [3.8, 4) is 34.5 Å². The molecule has 0 radical (unpaired) electrons. The van der Waals surface area contributed by atoms with Gasteiger partial charge < -0.3 is 47.4 Å². The van der Waals surface area contributed by atoms with E-state index in [1.54, 1.807) is 32.0 Å². The summed E-state index contributed by atoms with van der Waals surface area (Å²) in [6, 6.07) is 19.0. The second kappa shape index (κ2) is 24.1. The molecule has 0 saturated heterocycles. The summed E-state index contributed by atoms with van der Waals surface area (Å²) in [6.07, 6.45) is 1.80. The Morgan fingerprint density at radius 1 is 0.567 bits per heavy atom. The number of benzene rings is 4. The first kappa shape index (κ1) is 45.8. The number of ether oxygens (including phenoxy) is 10. The Morgan fingerprint density at radius 2 is 1.15 bits per heavy atom. The number of halogens is 1. The second-order valence-electron chi connectivity index (χ2n) is 12.8. The number of carbonyl (C=O) groups excluding carboxylic acids is 4. The fourth-order valence-corrected chi connectivity index (χ4v) is 4.88. The lowest BCUT2D eigenvalue weighted by atomic mass is 10.1. The molecule has 0 aromatic heterocycles. The van der Waals surface area contributed by atoms with Crippen molar-refractivity contribution in [3.63, 3.8) is 0 Å². The van der Waals surface area contributed by atoms with Gasteiger partial charge in [-0.2, -0.15) is 0 Å². The number of hydrogen-bond donors (Lipinski definition) is 0. The summed E-state index contributed by atoms with van der Waals surface area (Å²) < 4.78 is 69.5. The van der Waals surface area contributed by atoms with Crippen LogP contribution in [-0.2, 0) is 33.3 Å². The largest absolute Gasteiger partial charge is 0.491 e. The SMILES string of the molecule is C=CC(=O)OCCOCCOc1ccc2cc(OCOc3ccc(OC(=O)c4ccc(OCCCOC(=O)C(=C)C)c(OCCCOC(=O)C(=C)C)c4)cc3F)ccc2c1. The fraction of sp³-hybridized carbons (Fsp3) is 0.289. The molecule has 0 heterocycles. The average molecular weight is 831 g/mol. The molecule has 0 fully saturated rings. The van der Waals surface area contributed by atoms with Crippen LogP contribution in [0.15, 0.2) is 110 Å². The zero-order chi connectivity index (χ0) is 43.3. The van der Waals surface area contributed by atoms with Crippen molar-refractivity contribution >= 4 is 34.6 Å². The molecular formula is C45H47FO14. The van der Waals surface area contributed by atoms with E-state index in [1.807, 2.05) is 18.2 Å². The van der Waals surface area contributed by atoms with Crippen LogP contribution >= 0.6 is 0 Å². The second-order valence-corrected chi connectivity index (χ2v) is 12.8. The molecule has 0 bridgehead atoms. The van der Waals surface area contributed by atoms with Gasteiger partial charge in [0.2, 0.25) is 6.79 Å². The first-order chi connectivity index (χ1) is 28.9. The van der Waals surface area contributed by atoms with E-state index in [0.29, 0.717) is 43.3 Å². The number of fused-ring (bicyclic) bond motifs is 1. The van der Waals surface area contributed by atoms with Crippen LogP contribution in [0.4, 0.5) is 4.39 Å². The van der Waals surface area contributed by atoms with Gasteiger partial charge in [-0.15, -0.1) is 0 Å². The van der Waals surface area contributed by atoms with Gasteiger partial charge in [-0.05, 0) is 79.2 Å². The van der Waals surface area contributed by atoms with Gasteiger partial charge >= 0.3 is 23.9 Å². The van der Waals surface area contributed by atoms with Gasteiger partial charge in [0.25, 0.3) is 0 Å². The Labute approximate surface area is 346 Å². The molecule has 0 N–H and O–H groups in total. The molecule has 60 heavy (non-hydrogen) atoms. The summed E-state index contributed by atoms with van der Waals surface area (Å²) in [6.45, 7) is 14.7. The standard InChI is InChI=1S/C45H47FO14/c1-6-42(47)55-24-22-51-21-23-52-35-12-9-33-26-36(13-10-32(33)25-35)58-29-59-39-16-14-37(28-38(39)46)60-45(50)34-11-15-40(53-17-7-19-56-43(48)30(2)3)41(27-34)54-18-8-20-57-44(49)31(4)5/h6,9-16,25-28H,1-2,4,7-8,17-24,29H2,3,5H3. The first-order valence-corrected chi connectivity index (χ1v) is 18.8. The quantitative estimate of drug-likeness (QED) is 0.0153. The average Bonchev–Trinajstić information content (AvgIpc) is 3.23. The van der Waals surface area contributed by atoms with E-state index in [1.165, 1.54) is 30.3 Å². The predicted octanol–water partition coefficient (Wildman–Crippen LogP) is 7.51. The molecule has 0 aliphatic carbocycles. The maximum atomic E-state index is 15.0. The van der Waals surface area contributed by atoms with Gasteiger partial charge in [0.15, 0.2) is 23.1 Å². The summed E-state index contributed by atoms with van der Waals surface area (Å²) in [4.78, 5) is 47.5. The summed E-state index contributed by atoms with van der Waals surface area (Å²) in [5.74, 6) is -1.67. The van der Waals surface area contributed by atoms with Crippen molar-refractivity contribution in [3.05, 3.63) is 121 Å². The minimum Gasteiger partial charge on any atom is -0.491 e. The van der Waals surface area contributed by atoms with Crippen LogP contribution < -0.4 is 28.4 Å². The van der Waals surface area contributed by atoms with E-state index < -0.39 is 29.7 Å². The lowest BCUT2D eigenvalue weighted by molar-refractivity contribution is -0.140. The third-order valence-corrected chi connectivity index (χ3v) is 7.91. The molecule has 0 aliphatic heterocycles. The molecule has 318 valence electrons. The summed E-state index contributed by atoms with van der Waals surface area (Å²) >= 11 is 0. The first-order valence-electron chi connectivity index (χ1n) is 18.8. The van der Waals surface area contributed by atoms with E-state index in [-0.39, 0.29) is 80.4 Å². The number of rotatable bonds is 26. The molecule has 0 unspecified atom stereocenters. The Bertz CT molecular complexity index is 2150. The minimum absolute atomic E-state index is 0.0749. The topological polar surface area (TPSA) is 161 Å². The molecule has 0 spiro atoms. The van der Waals surface area contributed by atoms with Crippen LogP contribution in [0.1, 0.15) is 37.0 Å². The molecule has 4 aromatic carbocycles. The Hall–Kier alpha value is -6.87. The molecule has 14 nitrogen and oxygen atoms in total. The molecule has 0 saturated carbocycles. The van der Waals surface area contributed by atoms with Crippen LogP contribution in [0.3, 0.4) is 0 Å². The van der Waals surface area contributed by atoms with Gasteiger partial charge in [0.05, 0.1) is 45.2 Å². The zero-order valence-electron chi connectivity index (χ0n) is 33.5. The van der Waals surface area contributed by atoms with Crippen molar-refractivity contribution in [1.29, 1.82) is 0 Å². The number of hydrogen-bond acceptors (Lipinski definition) is 14. The highest BCUT2D eigenvalue weighted by atomic mass is 19.1. The van der Waals surface area contributed by atoms with Gasteiger partial charge in [-0.25, -0.2) is 23.6 Å². The highest BCUT2D eigenvalue weighted by Gasteiger charge is 2.16. The van der Waals surface area contributed by atoms with E-state index in [4.69, 9.17) is 47.4 Å². The van der Waals surface area contributed by atoms with Gasteiger partial charge in [-0.1, -0.05) is 31.9 Å². The van der Waals surface area contributed by atoms with E-state index in [2.05, 4.69) is 19.7 Å². The Balaban J connectivity index is 1.27. The molecule has 15 heteroatoms. The maximum absolute atomic E-state index is 15.0. The third kappa shape index (κ3) is 15.5. The zero-order valence-corrected chi connectivity index (χ0v) is 33.5. The van der Waals surface area contributed by atoms with E-state index in [0.717, 1.165) is 22.9 Å². The molecule has 0 aliphatic rings. The van der Waals surface area contributed by atoms with Gasteiger partial charge in [0.1, 0.15) is 30.5 Å². The van der Waals surface area contributed by atoms with Crippen molar-refractivity contribution < 1.29 is 70.9 Å². The predicted molar refractivity (Wildman–Crippen MR) is 217 cm³/mol. The molecule has 0 atom stereocenters. The minimum atomic E-state index is -0.797. The highest BCUT2D eigenvalue weighted by molar-refractivity contribution is 5.92. The van der Waals surface area contributed by atoms with Crippen LogP contribution in [0.25, 0.3) is 10.8 Å². The van der Waals surface area contributed by atoms with Gasteiger partial charge in [0, 0.05) is 36.1 Å². The van der Waals surface area contributed by atoms with E-state index in [9.17, 15) is 19.2 Å². The summed E-state index contributed by atoms with van der Waals surface area (Å²) in [5, 5.41) is 1.77. The lowest BCUT2D eigenvalue weighted by Gasteiger charge is -2.15. The molecule has 0 amide bonds. The number of carbonyl (C=O) groups is 4. The summed E-state index contributed by atoms with van der Waals surface area (Å²) in [7, 11) is 0. The fourth-order valence-electron chi connectivity index (χ4n) is 4.88. The van der Waals surface area contributed by atoms with Crippen LogP contribution in [0, 0.1) is 5.82 Å². The van der Waals surface area contributed by atoms with Crippen LogP contribution in [0.2, 0.25) is 0 Å². The van der Waals surface area contributed by atoms with Crippen molar-refractivity contribution in [1.82, 2.24) is 0 Å².